The number of thiazole rings is 1. The summed E-state index contributed by atoms with van der Waals surface area (Å²) >= 11 is 9.46. The molecule has 0 amide bonds. The minimum absolute atomic E-state index is 0.430. The Hall–Kier alpha value is -0.420. The van der Waals surface area contributed by atoms with Gasteiger partial charge in [0.1, 0.15) is 5.01 Å². The number of aryl methyl sites for hydroxylation is 1. The van der Waals surface area contributed by atoms with Gasteiger partial charge in [0.2, 0.25) is 0 Å². The first-order valence-corrected chi connectivity index (χ1v) is 7.76. The third-order valence-electron chi connectivity index (χ3n) is 3.08. The maximum absolute atomic E-state index is 5.97. The van der Waals surface area contributed by atoms with E-state index >= 15 is 0 Å². The first-order chi connectivity index (χ1) is 8.28. The molecule has 2 nitrogen and oxygen atoms in total. The van der Waals surface area contributed by atoms with Gasteiger partial charge in [-0.15, -0.1) is 22.7 Å². The van der Waals surface area contributed by atoms with E-state index in [-0.39, 0.29) is 0 Å². The number of hydrogen-bond donors (Lipinski definition) is 1. The number of fused-ring (bicyclic) bond motifs is 1. The summed E-state index contributed by atoms with van der Waals surface area (Å²) in [5.41, 5.74) is 1.25. The van der Waals surface area contributed by atoms with Crippen molar-refractivity contribution < 1.29 is 0 Å². The summed E-state index contributed by atoms with van der Waals surface area (Å²) in [5, 5.41) is 7.24. The summed E-state index contributed by atoms with van der Waals surface area (Å²) < 4.78 is 0. The number of halogens is 1. The molecular weight excluding hydrogens is 272 g/mol. The van der Waals surface area contributed by atoms with Crippen LogP contribution in [0, 0.1) is 0 Å². The Morgan fingerprint density at radius 3 is 3.12 bits per heavy atom. The molecule has 0 aliphatic heterocycles. The van der Waals surface area contributed by atoms with Crippen LogP contribution in [0.4, 0.5) is 0 Å². The molecule has 2 heterocycles. The number of rotatable bonds is 2. The molecule has 1 aliphatic carbocycles. The van der Waals surface area contributed by atoms with E-state index in [1.165, 1.54) is 34.7 Å². The van der Waals surface area contributed by atoms with Gasteiger partial charge in [0, 0.05) is 10.3 Å². The van der Waals surface area contributed by atoms with Crippen molar-refractivity contribution in [2.24, 2.45) is 0 Å². The molecule has 1 atom stereocenters. The molecule has 1 aliphatic rings. The molecule has 0 fully saturated rings. The van der Waals surface area contributed by atoms with Crippen LogP contribution in [0.2, 0.25) is 5.02 Å². The zero-order valence-electron chi connectivity index (χ0n) is 9.50. The second-order valence-corrected chi connectivity index (χ2v) is 6.62. The Morgan fingerprint density at radius 2 is 2.41 bits per heavy atom. The van der Waals surface area contributed by atoms with Crippen LogP contribution < -0.4 is 5.32 Å². The molecule has 2 aromatic rings. The standard InChI is InChI=1S/C12H13ClN2S2/c1-14-8-3-2-4-9-11(8)15-12(17-9)10-5-7(13)6-16-10/h5-6,8,14H,2-4H2,1H3. The predicted octanol–water partition coefficient (Wildman–Crippen LogP) is 4.12. The second-order valence-electron chi connectivity index (χ2n) is 4.19. The summed E-state index contributed by atoms with van der Waals surface area (Å²) in [6, 6.07) is 2.43. The lowest BCUT2D eigenvalue weighted by molar-refractivity contribution is 0.490. The van der Waals surface area contributed by atoms with Gasteiger partial charge in [-0.05, 0) is 32.4 Å². The van der Waals surface area contributed by atoms with Crippen LogP contribution in [-0.2, 0) is 6.42 Å². The molecule has 1 unspecified atom stereocenters. The second kappa shape index (κ2) is 4.69. The topological polar surface area (TPSA) is 24.9 Å². The minimum Gasteiger partial charge on any atom is -0.312 e. The summed E-state index contributed by atoms with van der Waals surface area (Å²) in [4.78, 5) is 7.42. The van der Waals surface area contributed by atoms with Crippen LogP contribution in [-0.4, -0.2) is 12.0 Å². The summed E-state index contributed by atoms with van der Waals surface area (Å²) in [6.07, 6.45) is 3.62. The molecule has 0 spiro atoms. The largest absolute Gasteiger partial charge is 0.312 e. The summed E-state index contributed by atoms with van der Waals surface area (Å²) in [6.45, 7) is 0. The Balaban J connectivity index is 2.01. The lowest BCUT2D eigenvalue weighted by Gasteiger charge is -2.19. The first-order valence-electron chi connectivity index (χ1n) is 5.69. The van der Waals surface area contributed by atoms with Crippen molar-refractivity contribution in [1.82, 2.24) is 10.3 Å². The van der Waals surface area contributed by atoms with Gasteiger partial charge in [-0.2, -0.15) is 0 Å². The van der Waals surface area contributed by atoms with E-state index in [9.17, 15) is 0 Å². The van der Waals surface area contributed by atoms with Crippen molar-refractivity contribution in [2.45, 2.75) is 25.3 Å². The van der Waals surface area contributed by atoms with Crippen molar-refractivity contribution in [3.8, 4) is 9.88 Å². The molecular formula is C12H13ClN2S2. The molecule has 0 saturated heterocycles. The van der Waals surface area contributed by atoms with Crippen LogP contribution in [0.15, 0.2) is 11.4 Å². The molecule has 90 valence electrons. The molecule has 0 saturated carbocycles. The van der Waals surface area contributed by atoms with Crippen LogP contribution in [0.3, 0.4) is 0 Å². The molecule has 5 heteroatoms. The molecule has 0 aromatic carbocycles. The molecule has 0 radical (unpaired) electrons. The van der Waals surface area contributed by atoms with Crippen molar-refractivity contribution in [3.63, 3.8) is 0 Å². The first kappa shape index (κ1) is 11.7. The lowest BCUT2D eigenvalue weighted by Crippen LogP contribution is -2.21. The molecule has 3 rings (SSSR count). The molecule has 2 aromatic heterocycles. The fraction of sp³-hybridized carbons (Fsp3) is 0.417. The third kappa shape index (κ3) is 2.15. The zero-order chi connectivity index (χ0) is 11.8. The minimum atomic E-state index is 0.430. The third-order valence-corrected chi connectivity index (χ3v) is 5.66. The van der Waals surface area contributed by atoms with Gasteiger partial charge in [0.15, 0.2) is 0 Å². The predicted molar refractivity (Wildman–Crippen MR) is 75.2 cm³/mol. The normalized spacial score (nSPS) is 19.3. The lowest BCUT2D eigenvalue weighted by atomic mass is 9.98. The number of thiophene rings is 1. The Morgan fingerprint density at radius 1 is 1.53 bits per heavy atom. The van der Waals surface area contributed by atoms with Crippen molar-refractivity contribution in [1.29, 1.82) is 0 Å². The quantitative estimate of drug-likeness (QED) is 0.897. The van der Waals surface area contributed by atoms with Crippen LogP contribution in [0.1, 0.15) is 29.5 Å². The highest BCUT2D eigenvalue weighted by Gasteiger charge is 2.24. The van der Waals surface area contributed by atoms with Crippen molar-refractivity contribution >= 4 is 34.3 Å². The number of hydrogen-bond acceptors (Lipinski definition) is 4. The van der Waals surface area contributed by atoms with Gasteiger partial charge in [-0.25, -0.2) is 4.98 Å². The molecule has 17 heavy (non-hydrogen) atoms. The van der Waals surface area contributed by atoms with E-state index in [4.69, 9.17) is 16.6 Å². The van der Waals surface area contributed by atoms with Crippen LogP contribution in [0.5, 0.6) is 0 Å². The maximum atomic E-state index is 5.97. The fourth-order valence-corrected chi connectivity index (χ4v) is 4.53. The van der Waals surface area contributed by atoms with E-state index in [0.29, 0.717) is 6.04 Å². The Labute approximate surface area is 114 Å². The zero-order valence-corrected chi connectivity index (χ0v) is 11.9. The number of nitrogens with one attached hydrogen (secondary N) is 1. The van der Waals surface area contributed by atoms with Gasteiger partial charge in [-0.1, -0.05) is 11.6 Å². The maximum Gasteiger partial charge on any atom is 0.134 e. The monoisotopic (exact) mass is 284 g/mol. The molecule has 1 N–H and O–H groups in total. The van der Waals surface area contributed by atoms with E-state index in [0.717, 1.165) is 10.0 Å². The van der Waals surface area contributed by atoms with E-state index < -0.39 is 0 Å². The molecule has 0 bridgehead atoms. The van der Waals surface area contributed by atoms with Gasteiger partial charge < -0.3 is 5.32 Å². The van der Waals surface area contributed by atoms with E-state index in [2.05, 4.69) is 5.32 Å². The SMILES string of the molecule is CNC1CCCc2sc(-c3cc(Cl)cs3)nc21. The number of aromatic nitrogens is 1. The Kier molecular flexibility index (Phi) is 3.21. The highest BCUT2D eigenvalue weighted by molar-refractivity contribution is 7.21. The average Bonchev–Trinajstić information content (AvgIpc) is 2.93. The highest BCUT2D eigenvalue weighted by Crippen LogP contribution is 2.39. The van der Waals surface area contributed by atoms with E-state index in [1.54, 1.807) is 11.3 Å². The summed E-state index contributed by atoms with van der Waals surface area (Å²) in [5.74, 6) is 0. The average molecular weight is 285 g/mol. The van der Waals surface area contributed by atoms with Crippen LogP contribution in [0.25, 0.3) is 9.88 Å². The van der Waals surface area contributed by atoms with Gasteiger partial charge >= 0.3 is 0 Å². The Bertz CT molecular complexity index is 532. The van der Waals surface area contributed by atoms with E-state index in [1.807, 2.05) is 29.8 Å². The smallest absolute Gasteiger partial charge is 0.134 e. The van der Waals surface area contributed by atoms with Crippen molar-refractivity contribution in [3.05, 3.63) is 27.0 Å². The summed E-state index contributed by atoms with van der Waals surface area (Å²) in [7, 11) is 2.01. The van der Waals surface area contributed by atoms with Crippen LogP contribution >= 0.6 is 34.3 Å². The van der Waals surface area contributed by atoms with Crippen molar-refractivity contribution in [2.75, 3.05) is 7.05 Å². The van der Waals surface area contributed by atoms with Gasteiger partial charge in [0.25, 0.3) is 0 Å². The number of nitrogens with zero attached hydrogens (tertiary/aromatic N) is 1. The fourth-order valence-electron chi connectivity index (χ4n) is 2.23. The van der Waals surface area contributed by atoms with Gasteiger partial charge in [-0.3, -0.25) is 0 Å². The van der Waals surface area contributed by atoms with Gasteiger partial charge in [0.05, 0.1) is 21.6 Å². The highest BCUT2D eigenvalue weighted by atomic mass is 35.5.